The quantitative estimate of drug-likeness (QED) is 0.428. The molecule has 0 unspecified atom stereocenters. The van der Waals surface area contributed by atoms with Crippen LogP contribution in [0, 0.1) is 5.82 Å². The molecule has 0 fully saturated rings. The molecule has 6 N–H and O–H groups in total. The number of amides is 1. The van der Waals surface area contributed by atoms with Gasteiger partial charge < -0.3 is 26.4 Å². The predicted molar refractivity (Wildman–Crippen MR) is 62.3 cm³/mol. The molecule has 0 bridgehead atoms. The van der Waals surface area contributed by atoms with Crippen molar-refractivity contribution in [3.05, 3.63) is 29.6 Å². The van der Waals surface area contributed by atoms with Crippen LogP contribution in [0.4, 0.5) is 10.1 Å². The summed E-state index contributed by atoms with van der Waals surface area (Å²) < 4.78 is 13.5. The second kappa shape index (κ2) is 5.76. The van der Waals surface area contributed by atoms with Crippen LogP contribution in [0.15, 0.2) is 18.2 Å². The zero-order valence-electron chi connectivity index (χ0n) is 9.56. The molecule has 0 atom stereocenters. The molecule has 0 aromatic heterocycles. The minimum Gasteiger partial charge on any atom is -0.399 e. The highest BCUT2D eigenvalue weighted by atomic mass is 19.1. The van der Waals surface area contributed by atoms with E-state index in [1.807, 2.05) is 0 Å². The lowest BCUT2D eigenvalue weighted by Gasteiger charge is -2.28. The third kappa shape index (κ3) is 2.95. The third-order valence-electron chi connectivity index (χ3n) is 2.52. The van der Waals surface area contributed by atoms with Crippen molar-refractivity contribution in [1.82, 2.24) is 5.32 Å². The van der Waals surface area contributed by atoms with Gasteiger partial charge in [0.25, 0.3) is 5.91 Å². The van der Waals surface area contributed by atoms with Gasteiger partial charge in [-0.2, -0.15) is 0 Å². The number of nitrogen functional groups attached to an aromatic ring is 1. The Morgan fingerprint density at radius 1 is 1.28 bits per heavy atom. The standard InChI is InChI=1S/C11H15FN2O4/c12-9-3-7(13)1-2-8(9)10(18)14-11(4-15,5-16)6-17/h1-3,15-17H,4-6,13H2,(H,14,18). The van der Waals surface area contributed by atoms with E-state index in [0.29, 0.717) is 0 Å². The number of rotatable bonds is 5. The largest absolute Gasteiger partial charge is 0.399 e. The number of aliphatic hydroxyl groups excluding tert-OH is 3. The fraction of sp³-hybridized carbons (Fsp3) is 0.364. The van der Waals surface area contributed by atoms with Crippen molar-refractivity contribution < 1.29 is 24.5 Å². The van der Waals surface area contributed by atoms with Gasteiger partial charge in [-0.25, -0.2) is 4.39 Å². The fourth-order valence-electron chi connectivity index (χ4n) is 1.29. The summed E-state index contributed by atoms with van der Waals surface area (Å²) in [5.74, 6) is -1.68. The highest BCUT2D eigenvalue weighted by Crippen LogP contribution is 2.13. The first kappa shape index (κ1) is 14.4. The number of benzene rings is 1. The minimum absolute atomic E-state index is 0.168. The predicted octanol–water partition coefficient (Wildman–Crippen LogP) is -1.15. The maximum atomic E-state index is 13.5. The topological polar surface area (TPSA) is 116 Å². The number of hydrogen-bond donors (Lipinski definition) is 5. The fourth-order valence-corrected chi connectivity index (χ4v) is 1.29. The first-order valence-corrected chi connectivity index (χ1v) is 5.18. The number of carbonyl (C=O) groups excluding carboxylic acids is 1. The Bertz CT molecular complexity index is 427. The van der Waals surface area contributed by atoms with Gasteiger partial charge in [0.05, 0.1) is 25.4 Å². The van der Waals surface area contributed by atoms with Gasteiger partial charge in [-0.05, 0) is 18.2 Å². The van der Waals surface area contributed by atoms with Crippen molar-refractivity contribution in [2.45, 2.75) is 5.54 Å². The first-order chi connectivity index (χ1) is 8.48. The van der Waals surface area contributed by atoms with Crippen molar-refractivity contribution in [2.75, 3.05) is 25.6 Å². The maximum Gasteiger partial charge on any atom is 0.254 e. The Balaban J connectivity index is 2.94. The van der Waals surface area contributed by atoms with Gasteiger partial charge in [0.2, 0.25) is 0 Å². The second-order valence-corrected chi connectivity index (χ2v) is 3.95. The van der Waals surface area contributed by atoms with Crippen molar-refractivity contribution in [3.8, 4) is 0 Å². The molecule has 0 spiro atoms. The van der Waals surface area contributed by atoms with E-state index in [2.05, 4.69) is 5.32 Å². The van der Waals surface area contributed by atoms with E-state index < -0.39 is 37.1 Å². The first-order valence-electron chi connectivity index (χ1n) is 5.18. The highest BCUT2D eigenvalue weighted by molar-refractivity contribution is 5.95. The summed E-state index contributed by atoms with van der Waals surface area (Å²) >= 11 is 0. The van der Waals surface area contributed by atoms with E-state index in [1.54, 1.807) is 0 Å². The van der Waals surface area contributed by atoms with Gasteiger partial charge in [0.1, 0.15) is 11.4 Å². The van der Waals surface area contributed by atoms with Crippen molar-refractivity contribution in [3.63, 3.8) is 0 Å². The molecule has 0 aliphatic heterocycles. The van der Waals surface area contributed by atoms with Crippen molar-refractivity contribution >= 4 is 11.6 Å². The molecule has 0 saturated heterocycles. The van der Waals surface area contributed by atoms with Crippen LogP contribution in [-0.2, 0) is 0 Å². The number of nitrogens with one attached hydrogen (secondary N) is 1. The number of nitrogens with two attached hydrogens (primary N) is 1. The zero-order chi connectivity index (χ0) is 13.8. The summed E-state index contributed by atoms with van der Waals surface area (Å²) in [5, 5.41) is 29.3. The van der Waals surface area contributed by atoms with E-state index in [0.717, 1.165) is 6.07 Å². The summed E-state index contributed by atoms with van der Waals surface area (Å²) in [4.78, 5) is 11.7. The van der Waals surface area contributed by atoms with Crippen molar-refractivity contribution in [2.24, 2.45) is 0 Å². The SMILES string of the molecule is Nc1ccc(C(=O)NC(CO)(CO)CO)c(F)c1. The molecule has 0 saturated carbocycles. The number of hydrogen-bond acceptors (Lipinski definition) is 5. The number of anilines is 1. The van der Waals surface area contributed by atoms with Crippen molar-refractivity contribution in [1.29, 1.82) is 0 Å². The molecule has 1 aromatic carbocycles. The van der Waals surface area contributed by atoms with Crippen LogP contribution >= 0.6 is 0 Å². The van der Waals surface area contributed by atoms with E-state index in [9.17, 15) is 9.18 Å². The van der Waals surface area contributed by atoms with E-state index in [1.165, 1.54) is 12.1 Å². The number of halogens is 1. The molecular formula is C11H15FN2O4. The number of aliphatic hydroxyl groups is 3. The minimum atomic E-state index is -1.59. The molecule has 1 amide bonds. The monoisotopic (exact) mass is 258 g/mol. The van der Waals surface area contributed by atoms with Gasteiger partial charge >= 0.3 is 0 Å². The Labute approximate surface area is 103 Å². The third-order valence-corrected chi connectivity index (χ3v) is 2.52. The van der Waals surface area contributed by atoms with Gasteiger partial charge in [0, 0.05) is 5.69 Å². The summed E-state index contributed by atoms with van der Waals surface area (Å²) in [6, 6.07) is 3.50. The zero-order valence-corrected chi connectivity index (χ0v) is 9.56. The van der Waals surface area contributed by atoms with Crippen LogP contribution in [0.2, 0.25) is 0 Å². The Morgan fingerprint density at radius 2 is 1.83 bits per heavy atom. The molecule has 1 aromatic rings. The van der Waals surface area contributed by atoms with Crippen LogP contribution in [-0.4, -0.2) is 46.6 Å². The Morgan fingerprint density at radius 3 is 2.28 bits per heavy atom. The van der Waals surface area contributed by atoms with Crippen LogP contribution in [0.1, 0.15) is 10.4 Å². The summed E-state index contributed by atoms with van der Waals surface area (Å²) in [5.41, 5.74) is 3.63. The molecule has 100 valence electrons. The lowest BCUT2D eigenvalue weighted by molar-refractivity contribution is 0.0373. The lowest BCUT2D eigenvalue weighted by atomic mass is 10.0. The lowest BCUT2D eigenvalue weighted by Crippen LogP contribution is -2.57. The molecule has 0 heterocycles. The normalized spacial score (nSPS) is 11.3. The van der Waals surface area contributed by atoms with E-state index in [-0.39, 0.29) is 11.3 Å². The summed E-state index contributed by atoms with van der Waals surface area (Å²) in [6.45, 7) is -2.03. The van der Waals surface area contributed by atoms with E-state index in [4.69, 9.17) is 21.1 Å². The van der Waals surface area contributed by atoms with Gasteiger partial charge in [-0.3, -0.25) is 4.79 Å². The van der Waals surface area contributed by atoms with Crippen LogP contribution < -0.4 is 11.1 Å². The molecule has 0 radical (unpaired) electrons. The maximum absolute atomic E-state index is 13.5. The highest BCUT2D eigenvalue weighted by Gasteiger charge is 2.31. The molecule has 7 heteroatoms. The summed E-state index contributed by atoms with van der Waals surface area (Å²) in [7, 11) is 0. The number of carbonyl (C=O) groups is 1. The van der Waals surface area contributed by atoms with Gasteiger partial charge in [-0.1, -0.05) is 0 Å². The summed E-state index contributed by atoms with van der Waals surface area (Å²) in [6.07, 6.45) is 0. The average Bonchev–Trinajstić information content (AvgIpc) is 2.36. The average molecular weight is 258 g/mol. The molecule has 0 aliphatic rings. The molecule has 6 nitrogen and oxygen atoms in total. The molecule has 1 rings (SSSR count). The Hall–Kier alpha value is -1.70. The Kier molecular flexibility index (Phi) is 4.60. The molecule has 0 aliphatic carbocycles. The van der Waals surface area contributed by atoms with Crippen LogP contribution in [0.3, 0.4) is 0 Å². The van der Waals surface area contributed by atoms with E-state index >= 15 is 0 Å². The van der Waals surface area contributed by atoms with Crippen LogP contribution in [0.25, 0.3) is 0 Å². The van der Waals surface area contributed by atoms with Gasteiger partial charge in [0.15, 0.2) is 0 Å². The van der Waals surface area contributed by atoms with Gasteiger partial charge in [-0.15, -0.1) is 0 Å². The van der Waals surface area contributed by atoms with Crippen LogP contribution in [0.5, 0.6) is 0 Å². The smallest absolute Gasteiger partial charge is 0.254 e. The molecular weight excluding hydrogens is 243 g/mol. The second-order valence-electron chi connectivity index (χ2n) is 3.95. The molecule has 18 heavy (non-hydrogen) atoms.